The fourth-order valence-corrected chi connectivity index (χ4v) is 2.24. The predicted molar refractivity (Wildman–Crippen MR) is 61.9 cm³/mol. The van der Waals surface area contributed by atoms with Gasteiger partial charge in [-0.1, -0.05) is 25.3 Å². The molecular weight excluding hydrogens is 198 g/mol. The minimum atomic E-state index is 0.661. The number of nitriles is 1. The van der Waals surface area contributed by atoms with Gasteiger partial charge >= 0.3 is 0 Å². The van der Waals surface area contributed by atoms with Crippen molar-refractivity contribution in [3.05, 3.63) is 29.6 Å². The largest absolute Gasteiger partial charge is 0.342 e. The van der Waals surface area contributed by atoms with E-state index in [0.29, 0.717) is 5.56 Å². The third-order valence-electron chi connectivity index (χ3n) is 3.39. The summed E-state index contributed by atoms with van der Waals surface area (Å²) < 4.78 is 0. The van der Waals surface area contributed by atoms with Crippen molar-refractivity contribution in [3.8, 4) is 6.07 Å². The second-order valence-corrected chi connectivity index (χ2v) is 4.50. The first-order chi connectivity index (χ1) is 7.86. The maximum absolute atomic E-state index is 8.98. The number of aromatic nitrogens is 2. The molecule has 0 aliphatic heterocycles. The monoisotopic (exact) mass is 211 g/mol. The molecule has 0 amide bonds. The number of hydrogen-bond acceptors (Lipinski definition) is 2. The first-order valence-corrected chi connectivity index (χ1v) is 5.74. The number of rotatable bonds is 2. The Morgan fingerprint density at radius 1 is 1.44 bits per heavy atom. The lowest BCUT2D eigenvalue weighted by molar-refractivity contribution is 0.310. The second kappa shape index (κ2) is 3.64. The Kier molecular flexibility index (Phi) is 2.14. The van der Waals surface area contributed by atoms with E-state index in [2.05, 4.69) is 16.0 Å². The Morgan fingerprint density at radius 3 is 3.00 bits per heavy atom. The van der Waals surface area contributed by atoms with E-state index in [1.54, 1.807) is 0 Å². The summed E-state index contributed by atoms with van der Waals surface area (Å²) in [5, 5.41) is 8.98. The van der Waals surface area contributed by atoms with Gasteiger partial charge in [-0.15, -0.1) is 0 Å². The van der Waals surface area contributed by atoms with Gasteiger partial charge < -0.3 is 4.98 Å². The molecule has 3 rings (SSSR count). The van der Waals surface area contributed by atoms with Crippen molar-refractivity contribution in [1.29, 1.82) is 5.26 Å². The molecule has 0 radical (unpaired) electrons. The molecular formula is C13H13N3. The molecule has 1 fully saturated rings. The third kappa shape index (κ3) is 1.47. The summed E-state index contributed by atoms with van der Waals surface area (Å²) in [4.78, 5) is 7.83. The highest BCUT2D eigenvalue weighted by Crippen LogP contribution is 2.29. The van der Waals surface area contributed by atoms with Gasteiger partial charge in [0, 0.05) is 6.42 Å². The maximum Gasteiger partial charge on any atom is 0.107 e. The molecule has 1 N–H and O–H groups in total. The van der Waals surface area contributed by atoms with Crippen LogP contribution in [0.1, 0.15) is 30.7 Å². The lowest BCUT2D eigenvalue weighted by Gasteiger charge is -2.23. The van der Waals surface area contributed by atoms with Crippen LogP contribution < -0.4 is 0 Å². The summed E-state index contributed by atoms with van der Waals surface area (Å²) >= 11 is 0. The SMILES string of the molecule is N#Cc1cccc2[nH]c(CC3CCC3)nc12. The maximum atomic E-state index is 8.98. The molecule has 0 unspecified atom stereocenters. The zero-order valence-corrected chi connectivity index (χ0v) is 9.03. The third-order valence-corrected chi connectivity index (χ3v) is 3.39. The number of benzene rings is 1. The second-order valence-electron chi connectivity index (χ2n) is 4.50. The molecule has 0 atom stereocenters. The molecule has 1 saturated carbocycles. The standard InChI is InChI=1S/C13H13N3/c14-8-10-5-2-6-11-13(10)16-12(15-11)7-9-3-1-4-9/h2,5-6,9H,1,3-4,7H2,(H,15,16). The van der Waals surface area contributed by atoms with Crippen LogP contribution in [0.5, 0.6) is 0 Å². The van der Waals surface area contributed by atoms with Gasteiger partial charge in [0.25, 0.3) is 0 Å². The summed E-state index contributed by atoms with van der Waals surface area (Å²) in [5.41, 5.74) is 2.46. The summed E-state index contributed by atoms with van der Waals surface area (Å²) in [6, 6.07) is 7.87. The molecule has 0 spiro atoms. The number of para-hydroxylation sites is 1. The zero-order valence-electron chi connectivity index (χ0n) is 9.03. The first-order valence-electron chi connectivity index (χ1n) is 5.74. The van der Waals surface area contributed by atoms with Crippen molar-refractivity contribution < 1.29 is 0 Å². The lowest BCUT2D eigenvalue weighted by Crippen LogP contribution is -2.14. The van der Waals surface area contributed by atoms with Crippen LogP contribution in [0.4, 0.5) is 0 Å². The van der Waals surface area contributed by atoms with Crippen LogP contribution in [0.15, 0.2) is 18.2 Å². The fourth-order valence-electron chi connectivity index (χ4n) is 2.24. The topological polar surface area (TPSA) is 52.5 Å². The molecule has 0 bridgehead atoms. The van der Waals surface area contributed by atoms with E-state index in [1.165, 1.54) is 19.3 Å². The van der Waals surface area contributed by atoms with Crippen LogP contribution in [0.2, 0.25) is 0 Å². The number of aromatic amines is 1. The highest BCUT2D eigenvalue weighted by Gasteiger charge is 2.19. The van der Waals surface area contributed by atoms with Crippen LogP contribution >= 0.6 is 0 Å². The summed E-state index contributed by atoms with van der Waals surface area (Å²) in [6.45, 7) is 0. The highest BCUT2D eigenvalue weighted by molar-refractivity contribution is 5.81. The van der Waals surface area contributed by atoms with Gasteiger partial charge in [0.2, 0.25) is 0 Å². The molecule has 80 valence electrons. The van der Waals surface area contributed by atoms with E-state index < -0.39 is 0 Å². The van der Waals surface area contributed by atoms with Crippen LogP contribution in [-0.4, -0.2) is 9.97 Å². The predicted octanol–water partition coefficient (Wildman–Crippen LogP) is 2.78. The van der Waals surface area contributed by atoms with Crippen LogP contribution in [0.3, 0.4) is 0 Å². The van der Waals surface area contributed by atoms with Gasteiger partial charge in [-0.05, 0) is 18.1 Å². The quantitative estimate of drug-likeness (QED) is 0.830. The average molecular weight is 211 g/mol. The van der Waals surface area contributed by atoms with E-state index >= 15 is 0 Å². The minimum absolute atomic E-state index is 0.661. The van der Waals surface area contributed by atoms with Gasteiger partial charge in [0.1, 0.15) is 17.4 Å². The first kappa shape index (κ1) is 9.41. The Morgan fingerprint density at radius 2 is 2.31 bits per heavy atom. The summed E-state index contributed by atoms with van der Waals surface area (Å²) in [5.74, 6) is 1.83. The normalized spacial score (nSPS) is 15.9. The molecule has 1 aromatic heterocycles. The van der Waals surface area contributed by atoms with Gasteiger partial charge in [-0.25, -0.2) is 4.98 Å². The number of H-pyrrole nitrogens is 1. The van der Waals surface area contributed by atoms with Gasteiger partial charge in [-0.3, -0.25) is 0 Å². The fraction of sp³-hybridized carbons (Fsp3) is 0.385. The Labute approximate surface area is 94.1 Å². The summed E-state index contributed by atoms with van der Waals surface area (Å²) in [6.07, 6.45) is 5.03. The molecule has 1 aliphatic rings. The van der Waals surface area contributed by atoms with Gasteiger partial charge in [0.05, 0.1) is 11.1 Å². The van der Waals surface area contributed by atoms with E-state index in [-0.39, 0.29) is 0 Å². The molecule has 1 aliphatic carbocycles. The van der Waals surface area contributed by atoms with Crippen molar-refractivity contribution in [1.82, 2.24) is 9.97 Å². The van der Waals surface area contributed by atoms with Crippen LogP contribution in [0, 0.1) is 17.2 Å². The van der Waals surface area contributed by atoms with Crippen molar-refractivity contribution in [2.75, 3.05) is 0 Å². The Hall–Kier alpha value is -1.82. The van der Waals surface area contributed by atoms with Crippen molar-refractivity contribution in [2.45, 2.75) is 25.7 Å². The molecule has 2 aromatic rings. The number of nitrogens with one attached hydrogen (secondary N) is 1. The number of hydrogen-bond donors (Lipinski definition) is 1. The minimum Gasteiger partial charge on any atom is -0.342 e. The zero-order chi connectivity index (χ0) is 11.0. The van der Waals surface area contributed by atoms with Crippen molar-refractivity contribution >= 4 is 11.0 Å². The molecule has 3 nitrogen and oxygen atoms in total. The lowest BCUT2D eigenvalue weighted by atomic mass is 9.83. The molecule has 1 aromatic carbocycles. The Bertz CT molecular complexity index is 558. The Balaban J connectivity index is 1.98. The number of nitrogens with zero attached hydrogens (tertiary/aromatic N) is 2. The van der Waals surface area contributed by atoms with E-state index in [1.807, 2.05) is 18.2 Å². The number of imidazole rings is 1. The molecule has 0 saturated heterocycles. The van der Waals surface area contributed by atoms with E-state index in [0.717, 1.165) is 29.2 Å². The van der Waals surface area contributed by atoms with Crippen LogP contribution in [0.25, 0.3) is 11.0 Å². The van der Waals surface area contributed by atoms with E-state index in [9.17, 15) is 0 Å². The summed E-state index contributed by atoms with van der Waals surface area (Å²) in [7, 11) is 0. The van der Waals surface area contributed by atoms with Crippen LogP contribution in [-0.2, 0) is 6.42 Å². The van der Waals surface area contributed by atoms with Gasteiger partial charge in [0.15, 0.2) is 0 Å². The van der Waals surface area contributed by atoms with Crippen molar-refractivity contribution in [3.63, 3.8) is 0 Å². The number of fused-ring (bicyclic) bond motifs is 1. The molecule has 3 heteroatoms. The molecule has 16 heavy (non-hydrogen) atoms. The van der Waals surface area contributed by atoms with Crippen molar-refractivity contribution in [2.24, 2.45) is 5.92 Å². The average Bonchev–Trinajstić information content (AvgIpc) is 2.65. The van der Waals surface area contributed by atoms with E-state index in [4.69, 9.17) is 5.26 Å². The molecule has 1 heterocycles. The van der Waals surface area contributed by atoms with Gasteiger partial charge in [-0.2, -0.15) is 5.26 Å². The smallest absolute Gasteiger partial charge is 0.107 e. The highest BCUT2D eigenvalue weighted by atomic mass is 14.9.